The standard InChI is InChI=1S/C23H20FN3S/c1-16-8-9-17(2)19(14-16)15-28-23-26-25-22(18-10-12-20(24)13-11-18)27(23)21-6-4-3-5-7-21/h3-14H,15H2,1-2H3. The molecule has 0 aliphatic heterocycles. The topological polar surface area (TPSA) is 30.7 Å². The molecule has 0 spiro atoms. The number of rotatable bonds is 5. The van der Waals surface area contributed by atoms with Gasteiger partial charge in [0.25, 0.3) is 0 Å². The lowest BCUT2D eigenvalue weighted by Crippen LogP contribution is -2.00. The quantitative estimate of drug-likeness (QED) is 0.393. The Morgan fingerprint density at radius 3 is 2.39 bits per heavy atom. The van der Waals surface area contributed by atoms with E-state index < -0.39 is 0 Å². The molecule has 5 heteroatoms. The number of hydrogen-bond acceptors (Lipinski definition) is 3. The van der Waals surface area contributed by atoms with Crippen molar-refractivity contribution in [2.75, 3.05) is 0 Å². The molecule has 1 aromatic heterocycles. The predicted octanol–water partition coefficient (Wildman–Crippen LogP) is 5.98. The van der Waals surface area contributed by atoms with Crippen LogP contribution >= 0.6 is 11.8 Å². The van der Waals surface area contributed by atoms with Crippen LogP contribution in [0.4, 0.5) is 4.39 Å². The summed E-state index contributed by atoms with van der Waals surface area (Å²) in [6, 6.07) is 22.9. The van der Waals surface area contributed by atoms with Crippen molar-refractivity contribution in [1.82, 2.24) is 14.8 Å². The van der Waals surface area contributed by atoms with Gasteiger partial charge in [-0.3, -0.25) is 4.57 Å². The molecule has 0 aliphatic carbocycles. The minimum Gasteiger partial charge on any atom is -0.270 e. The number of nitrogens with zero attached hydrogens (tertiary/aromatic N) is 3. The van der Waals surface area contributed by atoms with Crippen LogP contribution in [0.1, 0.15) is 16.7 Å². The van der Waals surface area contributed by atoms with Crippen LogP contribution in [0.25, 0.3) is 17.1 Å². The van der Waals surface area contributed by atoms with E-state index in [1.165, 1.54) is 28.8 Å². The molecule has 3 nitrogen and oxygen atoms in total. The number of aromatic nitrogens is 3. The van der Waals surface area contributed by atoms with Crippen LogP contribution in [0.3, 0.4) is 0 Å². The second kappa shape index (κ2) is 7.98. The lowest BCUT2D eigenvalue weighted by molar-refractivity contribution is 0.628. The number of benzene rings is 3. The molecule has 0 saturated heterocycles. The van der Waals surface area contributed by atoms with Crippen LogP contribution in [0.2, 0.25) is 0 Å². The van der Waals surface area contributed by atoms with E-state index in [9.17, 15) is 4.39 Å². The smallest absolute Gasteiger partial charge is 0.196 e. The first-order valence-electron chi connectivity index (χ1n) is 9.07. The van der Waals surface area contributed by atoms with Crippen molar-refractivity contribution in [2.45, 2.75) is 24.8 Å². The summed E-state index contributed by atoms with van der Waals surface area (Å²) in [5.41, 5.74) is 5.61. The highest BCUT2D eigenvalue weighted by molar-refractivity contribution is 7.98. The summed E-state index contributed by atoms with van der Waals surface area (Å²) in [4.78, 5) is 0. The Kier molecular flexibility index (Phi) is 5.26. The van der Waals surface area contributed by atoms with Gasteiger partial charge in [-0.05, 0) is 61.4 Å². The monoisotopic (exact) mass is 389 g/mol. The van der Waals surface area contributed by atoms with Crippen molar-refractivity contribution in [3.05, 3.63) is 95.3 Å². The largest absolute Gasteiger partial charge is 0.270 e. The highest BCUT2D eigenvalue weighted by Gasteiger charge is 2.16. The molecule has 0 fully saturated rings. The maximum Gasteiger partial charge on any atom is 0.196 e. The van der Waals surface area contributed by atoms with E-state index in [4.69, 9.17) is 0 Å². The molecule has 0 amide bonds. The van der Waals surface area contributed by atoms with E-state index in [-0.39, 0.29) is 5.82 Å². The maximum absolute atomic E-state index is 13.4. The Morgan fingerprint density at radius 1 is 0.893 bits per heavy atom. The summed E-state index contributed by atoms with van der Waals surface area (Å²) in [7, 11) is 0. The fraction of sp³-hybridized carbons (Fsp3) is 0.130. The molecule has 0 bridgehead atoms. The first-order chi connectivity index (χ1) is 13.6. The number of thioether (sulfide) groups is 1. The van der Waals surface area contributed by atoms with Crippen LogP contribution in [0.5, 0.6) is 0 Å². The second-order valence-corrected chi connectivity index (χ2v) is 7.65. The van der Waals surface area contributed by atoms with Crippen molar-refractivity contribution >= 4 is 11.8 Å². The van der Waals surface area contributed by atoms with Crippen molar-refractivity contribution in [3.63, 3.8) is 0 Å². The van der Waals surface area contributed by atoms with E-state index in [1.807, 2.05) is 34.9 Å². The first kappa shape index (κ1) is 18.4. The van der Waals surface area contributed by atoms with Gasteiger partial charge in [0.15, 0.2) is 11.0 Å². The molecule has 0 radical (unpaired) electrons. The Morgan fingerprint density at radius 2 is 1.64 bits per heavy atom. The molecule has 1 heterocycles. The van der Waals surface area contributed by atoms with Gasteiger partial charge in [0, 0.05) is 17.0 Å². The van der Waals surface area contributed by atoms with Crippen molar-refractivity contribution in [3.8, 4) is 17.1 Å². The van der Waals surface area contributed by atoms with Crippen molar-refractivity contribution < 1.29 is 4.39 Å². The zero-order valence-corrected chi connectivity index (χ0v) is 16.6. The molecule has 4 rings (SSSR count). The summed E-state index contributed by atoms with van der Waals surface area (Å²) in [5.74, 6) is 1.25. The average molecular weight is 389 g/mol. The maximum atomic E-state index is 13.4. The number of halogens is 1. The van der Waals surface area contributed by atoms with Gasteiger partial charge in [0.05, 0.1) is 0 Å². The Hall–Kier alpha value is -2.92. The van der Waals surface area contributed by atoms with Gasteiger partial charge in [0.2, 0.25) is 0 Å². The van der Waals surface area contributed by atoms with Gasteiger partial charge in [0.1, 0.15) is 5.82 Å². The van der Waals surface area contributed by atoms with Gasteiger partial charge in [-0.25, -0.2) is 4.39 Å². The zero-order chi connectivity index (χ0) is 19.5. The van der Waals surface area contributed by atoms with E-state index >= 15 is 0 Å². The molecule has 0 saturated carbocycles. The molecule has 4 aromatic rings. The van der Waals surface area contributed by atoms with Crippen LogP contribution < -0.4 is 0 Å². The molecule has 0 atom stereocenters. The molecular formula is C23H20FN3S. The summed E-state index contributed by atoms with van der Waals surface area (Å²) < 4.78 is 15.4. The van der Waals surface area contributed by atoms with Crippen molar-refractivity contribution in [1.29, 1.82) is 0 Å². The van der Waals surface area contributed by atoms with Gasteiger partial charge in [-0.15, -0.1) is 10.2 Å². The second-order valence-electron chi connectivity index (χ2n) is 6.70. The molecular weight excluding hydrogens is 369 g/mol. The minimum atomic E-state index is -0.265. The highest BCUT2D eigenvalue weighted by atomic mass is 32.2. The Bertz CT molecular complexity index is 1090. The third-order valence-electron chi connectivity index (χ3n) is 4.61. The van der Waals surface area contributed by atoms with Gasteiger partial charge in [-0.2, -0.15) is 0 Å². The van der Waals surface area contributed by atoms with Gasteiger partial charge < -0.3 is 0 Å². The fourth-order valence-corrected chi connectivity index (χ4v) is 4.07. The van der Waals surface area contributed by atoms with Gasteiger partial charge in [-0.1, -0.05) is 53.7 Å². The summed E-state index contributed by atoms with van der Waals surface area (Å²) in [6.45, 7) is 4.23. The SMILES string of the molecule is Cc1ccc(C)c(CSc2nnc(-c3ccc(F)cc3)n2-c2ccccc2)c1. The summed E-state index contributed by atoms with van der Waals surface area (Å²) in [6.07, 6.45) is 0. The van der Waals surface area contributed by atoms with Crippen LogP contribution in [-0.2, 0) is 5.75 Å². The van der Waals surface area contributed by atoms with Crippen molar-refractivity contribution in [2.24, 2.45) is 0 Å². The van der Waals surface area contributed by atoms with E-state index in [1.54, 1.807) is 23.9 Å². The molecule has 0 unspecified atom stereocenters. The van der Waals surface area contributed by atoms with E-state index in [0.717, 1.165) is 22.2 Å². The molecule has 3 aromatic carbocycles. The molecule has 140 valence electrons. The van der Waals surface area contributed by atoms with Crippen LogP contribution in [0, 0.1) is 19.7 Å². The number of aryl methyl sites for hydroxylation is 2. The first-order valence-corrected chi connectivity index (χ1v) is 10.1. The fourth-order valence-electron chi connectivity index (χ4n) is 3.06. The molecule has 28 heavy (non-hydrogen) atoms. The lowest BCUT2D eigenvalue weighted by Gasteiger charge is -2.11. The third-order valence-corrected chi connectivity index (χ3v) is 5.59. The van der Waals surface area contributed by atoms with E-state index in [0.29, 0.717) is 5.82 Å². The zero-order valence-electron chi connectivity index (χ0n) is 15.8. The average Bonchev–Trinajstić information content (AvgIpc) is 3.14. The lowest BCUT2D eigenvalue weighted by atomic mass is 10.1. The Balaban J connectivity index is 1.73. The normalized spacial score (nSPS) is 11.0. The number of hydrogen-bond donors (Lipinski definition) is 0. The van der Waals surface area contributed by atoms with E-state index in [2.05, 4.69) is 42.2 Å². The predicted molar refractivity (Wildman–Crippen MR) is 112 cm³/mol. The Labute approximate surface area is 168 Å². The van der Waals surface area contributed by atoms with Crippen LogP contribution in [0.15, 0.2) is 78.0 Å². The molecule has 0 N–H and O–H groups in total. The molecule has 0 aliphatic rings. The minimum absolute atomic E-state index is 0.265. The van der Waals surface area contributed by atoms with Crippen LogP contribution in [-0.4, -0.2) is 14.8 Å². The summed E-state index contributed by atoms with van der Waals surface area (Å²) >= 11 is 1.65. The summed E-state index contributed by atoms with van der Waals surface area (Å²) in [5, 5.41) is 9.67. The third kappa shape index (κ3) is 3.85. The van der Waals surface area contributed by atoms with Gasteiger partial charge >= 0.3 is 0 Å². The highest BCUT2D eigenvalue weighted by Crippen LogP contribution is 2.30. The number of para-hydroxylation sites is 1.